The number of nitrogens with one attached hydrogen (secondary N) is 1. The highest BCUT2D eigenvalue weighted by molar-refractivity contribution is 6.00. The predicted molar refractivity (Wildman–Crippen MR) is 133 cm³/mol. The second kappa shape index (κ2) is 9.61. The maximum Gasteiger partial charge on any atom is 0.254 e. The molecule has 6 nitrogen and oxygen atoms in total. The smallest absolute Gasteiger partial charge is 0.254 e. The number of anilines is 1. The van der Waals surface area contributed by atoms with Crippen molar-refractivity contribution >= 4 is 17.6 Å². The molecule has 0 aliphatic rings. The molecule has 1 N–H and O–H groups in total. The zero-order chi connectivity index (χ0) is 24.3. The molecule has 174 valence electrons. The molecule has 0 aliphatic heterocycles. The molecule has 0 fully saturated rings. The highest BCUT2D eigenvalue weighted by Crippen LogP contribution is 2.26. The molecule has 0 radical (unpaired) electrons. The summed E-state index contributed by atoms with van der Waals surface area (Å²) in [4.78, 5) is 27.9. The fourth-order valence-electron chi connectivity index (χ4n) is 3.51. The minimum Gasteiger partial charge on any atom is -0.327 e. The molecule has 0 saturated heterocycles. The lowest BCUT2D eigenvalue weighted by atomic mass is 9.92. The Morgan fingerprint density at radius 1 is 1.03 bits per heavy atom. The quantitative estimate of drug-likeness (QED) is 0.560. The minimum absolute atomic E-state index is 0.0469. The van der Waals surface area contributed by atoms with E-state index in [1.54, 1.807) is 15.6 Å². The van der Waals surface area contributed by atoms with Gasteiger partial charge in [0.1, 0.15) is 12.4 Å². The molecule has 3 aromatic rings. The van der Waals surface area contributed by atoms with Crippen LogP contribution in [0.25, 0.3) is 5.69 Å². The second-order valence-electron chi connectivity index (χ2n) is 9.80. The number of aryl methyl sites for hydroxylation is 2. The summed E-state index contributed by atoms with van der Waals surface area (Å²) in [5.74, 6) is 0.167. The van der Waals surface area contributed by atoms with Crippen molar-refractivity contribution < 1.29 is 9.59 Å². The van der Waals surface area contributed by atoms with Gasteiger partial charge in [-0.2, -0.15) is 5.10 Å². The van der Waals surface area contributed by atoms with Crippen molar-refractivity contribution in [3.63, 3.8) is 0 Å². The number of carbonyl (C=O) groups excluding carboxylic acids is 2. The van der Waals surface area contributed by atoms with Gasteiger partial charge in [0.15, 0.2) is 0 Å². The van der Waals surface area contributed by atoms with E-state index in [0.29, 0.717) is 11.4 Å². The standard InChI is InChI=1S/C27H34N4O2/c1-18(2)30(26(33)22-11-9-8-10-20(22)4)17-25(32)28-24-16-23(27(5,6)7)29-31(24)21-14-12-19(3)13-15-21/h8-16,18H,17H2,1-7H3,(H,28,32). The van der Waals surface area contributed by atoms with Gasteiger partial charge in [0.25, 0.3) is 5.91 Å². The molecule has 6 heteroatoms. The summed E-state index contributed by atoms with van der Waals surface area (Å²) in [6.45, 7) is 14.0. The van der Waals surface area contributed by atoms with Crippen LogP contribution in [-0.2, 0) is 10.2 Å². The molecule has 1 aromatic heterocycles. The van der Waals surface area contributed by atoms with Crippen LogP contribution >= 0.6 is 0 Å². The van der Waals surface area contributed by atoms with E-state index in [9.17, 15) is 9.59 Å². The molecule has 0 bridgehead atoms. The molecular formula is C27H34N4O2. The van der Waals surface area contributed by atoms with E-state index < -0.39 is 0 Å². The van der Waals surface area contributed by atoms with Crippen LogP contribution < -0.4 is 5.32 Å². The van der Waals surface area contributed by atoms with E-state index in [-0.39, 0.29) is 29.8 Å². The van der Waals surface area contributed by atoms with E-state index in [2.05, 4.69) is 26.1 Å². The number of benzene rings is 2. The minimum atomic E-state index is -0.264. The van der Waals surface area contributed by atoms with E-state index in [4.69, 9.17) is 5.10 Å². The zero-order valence-electron chi connectivity index (χ0n) is 20.6. The van der Waals surface area contributed by atoms with Gasteiger partial charge in [-0.05, 0) is 51.5 Å². The number of amides is 2. The largest absolute Gasteiger partial charge is 0.327 e. The Bertz CT molecular complexity index is 1140. The van der Waals surface area contributed by atoms with Crippen LogP contribution in [0.3, 0.4) is 0 Å². The predicted octanol–water partition coefficient (Wildman–Crippen LogP) is 5.28. The summed E-state index contributed by atoms with van der Waals surface area (Å²) in [5.41, 5.74) is 4.20. The number of rotatable bonds is 6. The summed E-state index contributed by atoms with van der Waals surface area (Å²) in [7, 11) is 0. The average Bonchev–Trinajstić information content (AvgIpc) is 3.16. The zero-order valence-corrected chi connectivity index (χ0v) is 20.6. The Morgan fingerprint density at radius 2 is 1.67 bits per heavy atom. The van der Waals surface area contributed by atoms with Crippen LogP contribution in [0, 0.1) is 13.8 Å². The highest BCUT2D eigenvalue weighted by atomic mass is 16.2. The maximum atomic E-state index is 13.2. The molecule has 3 rings (SSSR count). The number of hydrogen-bond acceptors (Lipinski definition) is 3. The molecule has 0 aliphatic carbocycles. The lowest BCUT2D eigenvalue weighted by Gasteiger charge is -2.27. The first-order chi connectivity index (χ1) is 15.5. The molecular weight excluding hydrogens is 412 g/mol. The Kier molecular flexibility index (Phi) is 7.06. The molecule has 0 spiro atoms. The summed E-state index contributed by atoms with van der Waals surface area (Å²) in [6, 6.07) is 17.2. The van der Waals surface area contributed by atoms with Crippen LogP contribution in [0.15, 0.2) is 54.6 Å². The molecule has 0 atom stereocenters. The SMILES string of the molecule is Cc1ccc(-n2nc(C(C)(C)C)cc2NC(=O)CN(C(=O)c2ccccc2C)C(C)C)cc1. The number of aromatic nitrogens is 2. The molecule has 0 saturated carbocycles. The molecule has 1 heterocycles. The van der Waals surface area contributed by atoms with E-state index in [1.165, 1.54) is 0 Å². The van der Waals surface area contributed by atoms with Crippen LogP contribution in [-0.4, -0.2) is 39.1 Å². The van der Waals surface area contributed by atoms with Gasteiger partial charge < -0.3 is 10.2 Å². The number of nitrogens with zero attached hydrogens (tertiary/aromatic N) is 3. The monoisotopic (exact) mass is 446 g/mol. The van der Waals surface area contributed by atoms with Gasteiger partial charge in [-0.1, -0.05) is 56.7 Å². The van der Waals surface area contributed by atoms with Gasteiger partial charge in [0.2, 0.25) is 5.91 Å². The van der Waals surface area contributed by atoms with E-state index in [1.807, 2.05) is 76.2 Å². The van der Waals surface area contributed by atoms with Crippen molar-refractivity contribution in [3.05, 3.63) is 77.0 Å². The molecule has 33 heavy (non-hydrogen) atoms. The third-order valence-electron chi connectivity index (χ3n) is 5.60. The fourth-order valence-corrected chi connectivity index (χ4v) is 3.51. The summed E-state index contributed by atoms with van der Waals surface area (Å²) in [5, 5.41) is 7.75. The summed E-state index contributed by atoms with van der Waals surface area (Å²) in [6.07, 6.45) is 0. The lowest BCUT2D eigenvalue weighted by molar-refractivity contribution is -0.117. The van der Waals surface area contributed by atoms with Crippen molar-refractivity contribution in [2.45, 2.75) is 59.9 Å². The number of carbonyl (C=O) groups is 2. The van der Waals surface area contributed by atoms with Crippen molar-refractivity contribution in [3.8, 4) is 5.69 Å². The first-order valence-electron chi connectivity index (χ1n) is 11.3. The Hall–Kier alpha value is -3.41. The van der Waals surface area contributed by atoms with Crippen molar-refractivity contribution in [1.82, 2.24) is 14.7 Å². The van der Waals surface area contributed by atoms with Crippen molar-refractivity contribution in [1.29, 1.82) is 0 Å². The van der Waals surface area contributed by atoms with Gasteiger partial charge >= 0.3 is 0 Å². The van der Waals surface area contributed by atoms with Gasteiger partial charge in [0, 0.05) is 23.1 Å². The first kappa shape index (κ1) is 24.2. The van der Waals surface area contributed by atoms with Gasteiger partial charge in [-0.15, -0.1) is 0 Å². The van der Waals surface area contributed by atoms with Crippen LogP contribution in [0.1, 0.15) is 61.8 Å². The van der Waals surface area contributed by atoms with Crippen LogP contribution in [0.5, 0.6) is 0 Å². The summed E-state index contributed by atoms with van der Waals surface area (Å²) >= 11 is 0. The van der Waals surface area contributed by atoms with Crippen molar-refractivity contribution in [2.24, 2.45) is 0 Å². The third-order valence-corrected chi connectivity index (χ3v) is 5.60. The Morgan fingerprint density at radius 3 is 2.24 bits per heavy atom. The van der Waals surface area contributed by atoms with Crippen LogP contribution in [0.4, 0.5) is 5.82 Å². The second-order valence-corrected chi connectivity index (χ2v) is 9.80. The number of hydrogen-bond donors (Lipinski definition) is 1. The summed E-state index contributed by atoms with van der Waals surface area (Å²) < 4.78 is 1.75. The normalized spacial score (nSPS) is 11.5. The average molecular weight is 447 g/mol. The van der Waals surface area contributed by atoms with Crippen LogP contribution in [0.2, 0.25) is 0 Å². The van der Waals surface area contributed by atoms with E-state index in [0.717, 1.165) is 22.5 Å². The Balaban J connectivity index is 1.88. The molecule has 0 unspecified atom stereocenters. The first-order valence-corrected chi connectivity index (χ1v) is 11.3. The van der Waals surface area contributed by atoms with Gasteiger partial charge in [-0.25, -0.2) is 4.68 Å². The molecule has 2 aromatic carbocycles. The van der Waals surface area contributed by atoms with Crippen molar-refractivity contribution in [2.75, 3.05) is 11.9 Å². The topological polar surface area (TPSA) is 67.2 Å². The van der Waals surface area contributed by atoms with Gasteiger partial charge in [0.05, 0.1) is 11.4 Å². The maximum absolute atomic E-state index is 13.2. The Labute approximate surface area is 196 Å². The lowest BCUT2D eigenvalue weighted by Crippen LogP contribution is -2.42. The van der Waals surface area contributed by atoms with E-state index >= 15 is 0 Å². The third kappa shape index (κ3) is 5.69. The van der Waals surface area contributed by atoms with Gasteiger partial charge in [-0.3, -0.25) is 9.59 Å². The fraction of sp³-hybridized carbons (Fsp3) is 0.370. The molecule has 2 amide bonds. The highest BCUT2D eigenvalue weighted by Gasteiger charge is 2.25.